The summed E-state index contributed by atoms with van der Waals surface area (Å²) in [6, 6.07) is 3.60. The second-order valence-electron chi connectivity index (χ2n) is 6.47. The van der Waals surface area contributed by atoms with Gasteiger partial charge < -0.3 is 14.5 Å². The Morgan fingerprint density at radius 1 is 1.28 bits per heavy atom. The summed E-state index contributed by atoms with van der Waals surface area (Å²) in [5.41, 5.74) is 0.726. The van der Waals surface area contributed by atoms with Crippen LogP contribution in [0.3, 0.4) is 0 Å². The van der Waals surface area contributed by atoms with Crippen molar-refractivity contribution in [2.45, 2.75) is 26.2 Å². The SMILES string of the molecule is CCOC(=O)C1CCN(C(=O)C2CC(=O)N(c3cccnc3)C2)CC1. The van der Waals surface area contributed by atoms with Crippen LogP contribution >= 0.6 is 0 Å². The highest BCUT2D eigenvalue weighted by atomic mass is 16.5. The van der Waals surface area contributed by atoms with Crippen LogP contribution in [0.5, 0.6) is 0 Å². The van der Waals surface area contributed by atoms with Gasteiger partial charge in [-0.2, -0.15) is 0 Å². The Morgan fingerprint density at radius 2 is 2.04 bits per heavy atom. The predicted molar refractivity (Wildman–Crippen MR) is 90.6 cm³/mol. The van der Waals surface area contributed by atoms with Gasteiger partial charge in [0.1, 0.15) is 0 Å². The van der Waals surface area contributed by atoms with Gasteiger partial charge in [0, 0.05) is 32.3 Å². The average molecular weight is 345 g/mol. The molecule has 3 heterocycles. The number of anilines is 1. The van der Waals surface area contributed by atoms with Crippen LogP contribution in [-0.4, -0.2) is 53.9 Å². The van der Waals surface area contributed by atoms with Gasteiger partial charge in [-0.15, -0.1) is 0 Å². The zero-order valence-corrected chi connectivity index (χ0v) is 14.4. The predicted octanol–water partition coefficient (Wildman–Crippen LogP) is 1.24. The maximum Gasteiger partial charge on any atom is 0.309 e. The molecule has 2 aliphatic rings. The fourth-order valence-electron chi connectivity index (χ4n) is 3.49. The number of amides is 2. The van der Waals surface area contributed by atoms with Crippen LogP contribution < -0.4 is 4.90 Å². The standard InChI is InChI=1S/C18H23N3O4/c1-2-25-18(24)13-5-8-20(9-6-13)17(23)14-10-16(22)21(12-14)15-4-3-7-19-11-15/h3-4,7,11,13-14H,2,5-6,8-10,12H2,1H3. The third-order valence-electron chi connectivity index (χ3n) is 4.86. The van der Waals surface area contributed by atoms with Gasteiger partial charge in [0.2, 0.25) is 11.8 Å². The number of pyridine rings is 1. The average Bonchev–Trinajstić information content (AvgIpc) is 3.04. The molecule has 1 unspecified atom stereocenters. The number of hydrogen-bond donors (Lipinski definition) is 0. The summed E-state index contributed by atoms with van der Waals surface area (Å²) in [7, 11) is 0. The molecule has 1 aromatic heterocycles. The molecule has 0 radical (unpaired) electrons. The van der Waals surface area contributed by atoms with Gasteiger partial charge in [-0.25, -0.2) is 0 Å². The smallest absolute Gasteiger partial charge is 0.309 e. The molecule has 0 N–H and O–H groups in total. The minimum Gasteiger partial charge on any atom is -0.466 e. The second kappa shape index (κ2) is 7.63. The van der Waals surface area contributed by atoms with E-state index in [0.29, 0.717) is 39.1 Å². The van der Waals surface area contributed by atoms with E-state index in [1.807, 2.05) is 6.07 Å². The first kappa shape index (κ1) is 17.4. The molecular formula is C18H23N3O4. The van der Waals surface area contributed by atoms with Gasteiger partial charge in [-0.3, -0.25) is 19.4 Å². The van der Waals surface area contributed by atoms with E-state index in [4.69, 9.17) is 4.74 Å². The number of nitrogens with zero attached hydrogens (tertiary/aromatic N) is 3. The summed E-state index contributed by atoms with van der Waals surface area (Å²) >= 11 is 0. The first-order chi connectivity index (χ1) is 12.1. The van der Waals surface area contributed by atoms with Crippen molar-refractivity contribution in [3.8, 4) is 0 Å². The Hall–Kier alpha value is -2.44. The van der Waals surface area contributed by atoms with Crippen LogP contribution in [0.4, 0.5) is 5.69 Å². The Kier molecular flexibility index (Phi) is 5.31. The molecule has 0 saturated carbocycles. The molecule has 2 fully saturated rings. The molecule has 0 aromatic carbocycles. The fourth-order valence-corrected chi connectivity index (χ4v) is 3.49. The van der Waals surface area contributed by atoms with E-state index in [2.05, 4.69) is 4.98 Å². The lowest BCUT2D eigenvalue weighted by Gasteiger charge is -2.32. The molecule has 134 valence electrons. The molecule has 0 aliphatic carbocycles. The molecule has 1 atom stereocenters. The number of ether oxygens (including phenoxy) is 1. The first-order valence-electron chi connectivity index (χ1n) is 8.76. The first-order valence-corrected chi connectivity index (χ1v) is 8.76. The Bertz CT molecular complexity index is 641. The molecule has 2 saturated heterocycles. The summed E-state index contributed by atoms with van der Waals surface area (Å²) in [5, 5.41) is 0. The number of rotatable bonds is 4. The highest BCUT2D eigenvalue weighted by Gasteiger charge is 2.38. The quantitative estimate of drug-likeness (QED) is 0.767. The van der Waals surface area contributed by atoms with E-state index in [0.717, 1.165) is 5.69 Å². The van der Waals surface area contributed by atoms with E-state index < -0.39 is 0 Å². The number of esters is 1. The van der Waals surface area contributed by atoms with Crippen LogP contribution in [0.1, 0.15) is 26.2 Å². The van der Waals surface area contributed by atoms with Gasteiger partial charge >= 0.3 is 5.97 Å². The molecular weight excluding hydrogens is 322 g/mol. The third-order valence-corrected chi connectivity index (χ3v) is 4.86. The number of likely N-dealkylation sites (tertiary alicyclic amines) is 1. The van der Waals surface area contributed by atoms with Crippen molar-refractivity contribution < 1.29 is 19.1 Å². The lowest BCUT2D eigenvalue weighted by Crippen LogP contribution is -2.44. The van der Waals surface area contributed by atoms with Gasteiger partial charge in [-0.1, -0.05) is 0 Å². The fraction of sp³-hybridized carbons (Fsp3) is 0.556. The molecule has 1 aromatic rings. The zero-order valence-electron chi connectivity index (χ0n) is 14.4. The van der Waals surface area contributed by atoms with Crippen molar-refractivity contribution in [3.63, 3.8) is 0 Å². The van der Waals surface area contributed by atoms with E-state index >= 15 is 0 Å². The molecule has 2 aliphatic heterocycles. The maximum atomic E-state index is 12.7. The van der Waals surface area contributed by atoms with Crippen molar-refractivity contribution in [3.05, 3.63) is 24.5 Å². The second-order valence-corrected chi connectivity index (χ2v) is 6.47. The highest BCUT2D eigenvalue weighted by Crippen LogP contribution is 2.27. The summed E-state index contributed by atoms with van der Waals surface area (Å²) in [4.78, 5) is 44.2. The third kappa shape index (κ3) is 3.81. The number of hydrogen-bond acceptors (Lipinski definition) is 5. The molecule has 7 nitrogen and oxygen atoms in total. The molecule has 7 heteroatoms. The van der Waals surface area contributed by atoms with Gasteiger partial charge in [-0.05, 0) is 31.9 Å². The lowest BCUT2D eigenvalue weighted by molar-refractivity contribution is -0.151. The van der Waals surface area contributed by atoms with Crippen molar-refractivity contribution in [2.75, 3.05) is 31.1 Å². The van der Waals surface area contributed by atoms with Gasteiger partial charge in [0.05, 0.1) is 30.3 Å². The number of aromatic nitrogens is 1. The van der Waals surface area contributed by atoms with Gasteiger partial charge in [0.15, 0.2) is 0 Å². The molecule has 25 heavy (non-hydrogen) atoms. The molecule has 0 bridgehead atoms. The van der Waals surface area contributed by atoms with Crippen molar-refractivity contribution >= 4 is 23.5 Å². The minimum atomic E-state index is -0.327. The number of piperidine rings is 1. The number of carbonyl (C=O) groups is 3. The summed E-state index contributed by atoms with van der Waals surface area (Å²) in [6.45, 7) is 3.65. The monoisotopic (exact) mass is 345 g/mol. The molecule has 3 rings (SSSR count). The summed E-state index contributed by atoms with van der Waals surface area (Å²) in [6.07, 6.45) is 4.76. The van der Waals surface area contributed by atoms with Crippen molar-refractivity contribution in [1.29, 1.82) is 0 Å². The van der Waals surface area contributed by atoms with Crippen molar-refractivity contribution in [2.24, 2.45) is 11.8 Å². The van der Waals surface area contributed by atoms with Gasteiger partial charge in [0.25, 0.3) is 0 Å². The number of carbonyl (C=O) groups excluding carboxylic acids is 3. The molecule has 2 amide bonds. The van der Waals surface area contributed by atoms with E-state index in [-0.39, 0.29) is 36.0 Å². The Balaban J connectivity index is 1.56. The van der Waals surface area contributed by atoms with Crippen LogP contribution in [-0.2, 0) is 19.1 Å². The normalized spacial score (nSPS) is 21.5. The van der Waals surface area contributed by atoms with E-state index in [9.17, 15) is 14.4 Å². The Labute approximate surface area is 147 Å². The topological polar surface area (TPSA) is 79.8 Å². The van der Waals surface area contributed by atoms with E-state index in [1.54, 1.807) is 35.2 Å². The maximum absolute atomic E-state index is 12.7. The molecule has 0 spiro atoms. The van der Waals surface area contributed by atoms with Crippen LogP contribution in [0.2, 0.25) is 0 Å². The summed E-state index contributed by atoms with van der Waals surface area (Å²) < 4.78 is 5.05. The van der Waals surface area contributed by atoms with Crippen LogP contribution in [0.15, 0.2) is 24.5 Å². The zero-order chi connectivity index (χ0) is 17.8. The minimum absolute atomic E-state index is 0.00190. The van der Waals surface area contributed by atoms with Crippen LogP contribution in [0.25, 0.3) is 0 Å². The largest absolute Gasteiger partial charge is 0.466 e. The Morgan fingerprint density at radius 3 is 2.68 bits per heavy atom. The van der Waals surface area contributed by atoms with Crippen LogP contribution in [0, 0.1) is 11.8 Å². The summed E-state index contributed by atoms with van der Waals surface area (Å²) in [5.74, 6) is -0.670. The van der Waals surface area contributed by atoms with Crippen molar-refractivity contribution in [1.82, 2.24) is 9.88 Å². The lowest BCUT2D eigenvalue weighted by atomic mass is 9.95. The highest BCUT2D eigenvalue weighted by molar-refractivity contribution is 6.00. The van der Waals surface area contributed by atoms with E-state index in [1.165, 1.54) is 0 Å².